The Labute approximate surface area is 243 Å². The Kier molecular flexibility index (Phi) is 10.6. The van der Waals surface area contributed by atoms with Crippen LogP contribution in [0.3, 0.4) is 0 Å². The number of guanidine groups is 1. The molecule has 0 aliphatic carbocycles. The van der Waals surface area contributed by atoms with Gasteiger partial charge in [-0.3, -0.25) is 4.79 Å². The van der Waals surface area contributed by atoms with Crippen molar-refractivity contribution in [2.24, 2.45) is 23.5 Å². The monoisotopic (exact) mass is 611 g/mol. The minimum absolute atomic E-state index is 0.129. The first-order valence-corrected chi connectivity index (χ1v) is 15.8. The van der Waals surface area contributed by atoms with Crippen LogP contribution in [-0.2, 0) is 50.2 Å². The van der Waals surface area contributed by atoms with E-state index in [9.17, 15) is 19.6 Å². The van der Waals surface area contributed by atoms with E-state index < -0.39 is 67.3 Å². The normalized spacial score (nSPS) is 30.9. The standard InChI is InChI=1S/C21H33B3N5O10PS/c1-29-10(4-5-13(29)28-14(31)6-27-20(25)26)9-41-40(33,36-8-12-15(32)17(34-2)19(22)37-12)39-16-11(7-30)38-21(23-24-21)18(16)35-3/h4-5,11-12,15-19,30,32H,6-9H2,1-3H3,(H,28,31)(H4,25,26,27)/t11-,12-,15?,16?,17+,18+,19-,40?/m1/s1. The number of aliphatic hydroxyl groups excluding tert-OH is 2. The third kappa shape index (κ3) is 7.35. The summed E-state index contributed by atoms with van der Waals surface area (Å²) in [5.74, 6) is -0.0425. The molecule has 0 bridgehead atoms. The summed E-state index contributed by atoms with van der Waals surface area (Å²) < 4.78 is 50.0. The van der Waals surface area contributed by atoms with Gasteiger partial charge in [0, 0.05) is 0 Å². The molecule has 3 aliphatic rings. The maximum atomic E-state index is 14.2. The minimum atomic E-state index is -4.05. The Balaban J connectivity index is 1.49. The van der Waals surface area contributed by atoms with Gasteiger partial charge in [-0.1, -0.05) is 0 Å². The van der Waals surface area contributed by atoms with Crippen molar-refractivity contribution in [3.8, 4) is 0 Å². The molecule has 2 saturated heterocycles. The predicted molar refractivity (Wildman–Crippen MR) is 153 cm³/mol. The predicted octanol–water partition coefficient (Wildman–Crippen LogP) is -2.35. The van der Waals surface area contributed by atoms with Crippen LogP contribution in [0.4, 0.5) is 5.82 Å². The van der Waals surface area contributed by atoms with Crippen LogP contribution < -0.4 is 16.8 Å². The van der Waals surface area contributed by atoms with E-state index in [0.717, 1.165) is 11.4 Å². The van der Waals surface area contributed by atoms with Crippen molar-refractivity contribution in [1.29, 1.82) is 0 Å². The summed E-state index contributed by atoms with van der Waals surface area (Å²) in [4.78, 5) is 15.8. The van der Waals surface area contributed by atoms with E-state index in [1.54, 1.807) is 37.4 Å². The van der Waals surface area contributed by atoms with E-state index in [1.807, 2.05) is 0 Å². The van der Waals surface area contributed by atoms with Crippen molar-refractivity contribution < 1.29 is 47.6 Å². The molecule has 20 heteroatoms. The van der Waals surface area contributed by atoms with Gasteiger partial charge in [0.05, 0.1) is 0 Å². The number of amides is 1. The molecular weight excluding hydrogens is 578 g/mol. The molecular formula is C21H33B3N5O10PS. The molecule has 4 rings (SSSR count). The van der Waals surface area contributed by atoms with Crippen molar-refractivity contribution in [1.82, 2.24) is 4.57 Å². The van der Waals surface area contributed by atoms with Crippen LogP contribution in [0.5, 0.6) is 0 Å². The number of nitrogens with zero attached hydrogens (tertiary/aromatic N) is 2. The molecule has 3 aliphatic heterocycles. The number of hydrogen-bond donors (Lipinski definition) is 5. The number of aliphatic hydroxyl groups is 2. The first kappa shape index (κ1) is 32.4. The summed E-state index contributed by atoms with van der Waals surface area (Å²) in [6.45, 7) is -1.49. The molecule has 7 N–H and O–H groups in total. The Morgan fingerprint density at radius 1 is 1.29 bits per heavy atom. The molecule has 2 radical (unpaired) electrons. The zero-order valence-electron chi connectivity index (χ0n) is 22.8. The van der Waals surface area contributed by atoms with Gasteiger partial charge in [-0.05, 0) is 0 Å². The number of aromatic nitrogens is 1. The molecule has 41 heavy (non-hydrogen) atoms. The van der Waals surface area contributed by atoms with Crippen molar-refractivity contribution in [2.75, 3.05) is 39.3 Å². The van der Waals surface area contributed by atoms with E-state index in [4.69, 9.17) is 47.3 Å². The molecule has 222 valence electrons. The average molecular weight is 611 g/mol. The van der Waals surface area contributed by atoms with Gasteiger partial charge in [0.2, 0.25) is 0 Å². The number of carbonyl (C=O) groups excluding carboxylic acids is 1. The van der Waals surface area contributed by atoms with Crippen LogP contribution in [0.1, 0.15) is 5.69 Å². The Morgan fingerprint density at radius 3 is 2.61 bits per heavy atom. The number of methoxy groups -OCH3 is 2. The van der Waals surface area contributed by atoms with Crippen LogP contribution in [0, 0.1) is 0 Å². The van der Waals surface area contributed by atoms with Gasteiger partial charge in [0.15, 0.2) is 5.96 Å². The quantitative estimate of drug-likeness (QED) is 0.0647. The second-order valence-corrected chi connectivity index (χ2v) is 13.7. The van der Waals surface area contributed by atoms with Gasteiger partial charge in [-0.2, -0.15) is 0 Å². The Bertz CT molecular complexity index is 1200. The summed E-state index contributed by atoms with van der Waals surface area (Å²) in [5, 5.41) is 22.3. The van der Waals surface area contributed by atoms with E-state index in [-0.39, 0.29) is 24.9 Å². The molecule has 15 nitrogen and oxygen atoms in total. The molecule has 1 aromatic heterocycles. The van der Waals surface area contributed by atoms with Crippen LogP contribution in [-0.4, -0.2) is 130 Å². The molecule has 1 spiro atoms. The van der Waals surface area contributed by atoms with Gasteiger partial charge in [0.1, 0.15) is 6.54 Å². The van der Waals surface area contributed by atoms with Crippen molar-refractivity contribution in [3.05, 3.63) is 17.8 Å². The van der Waals surface area contributed by atoms with Crippen molar-refractivity contribution in [3.63, 3.8) is 0 Å². The first-order chi connectivity index (χ1) is 19.5. The molecule has 3 unspecified atom stereocenters. The van der Waals surface area contributed by atoms with Crippen molar-refractivity contribution >= 4 is 57.3 Å². The van der Waals surface area contributed by atoms with Gasteiger partial charge < -0.3 is 11.5 Å². The summed E-state index contributed by atoms with van der Waals surface area (Å²) in [5.41, 5.74) is 11.2. The van der Waals surface area contributed by atoms with Crippen LogP contribution in [0.25, 0.3) is 0 Å². The third-order valence-corrected chi connectivity index (χ3v) is 10.6. The summed E-state index contributed by atoms with van der Waals surface area (Å²) in [6, 6.07) is 2.50. The molecule has 2 fully saturated rings. The van der Waals surface area contributed by atoms with Gasteiger partial charge >= 0.3 is 210 Å². The summed E-state index contributed by atoms with van der Waals surface area (Å²) in [6.07, 6.45) is -5.32. The van der Waals surface area contributed by atoms with E-state index in [0.29, 0.717) is 11.5 Å². The van der Waals surface area contributed by atoms with Crippen LogP contribution in [0.15, 0.2) is 17.1 Å². The van der Waals surface area contributed by atoms with Crippen molar-refractivity contribution in [2.45, 2.75) is 53.8 Å². The number of aliphatic imine (C=N–C) groups is 1. The van der Waals surface area contributed by atoms with Crippen LogP contribution in [0.2, 0.25) is 0 Å². The summed E-state index contributed by atoms with van der Waals surface area (Å²) >= 11 is 0.872. The zero-order valence-corrected chi connectivity index (χ0v) is 24.5. The molecule has 0 aromatic carbocycles. The number of rotatable bonds is 14. The number of nitrogens with one attached hydrogen (secondary N) is 1. The van der Waals surface area contributed by atoms with E-state index in [1.165, 1.54) is 14.2 Å². The number of carbonyl (C=O) groups is 1. The van der Waals surface area contributed by atoms with Crippen LogP contribution >= 0.6 is 18.2 Å². The molecule has 8 atom stereocenters. The molecule has 4 heterocycles. The second kappa shape index (κ2) is 13.4. The maximum absolute atomic E-state index is 14.2. The Morgan fingerprint density at radius 2 is 2.02 bits per heavy atom. The van der Waals surface area contributed by atoms with E-state index in [2.05, 4.69) is 10.3 Å². The second-order valence-electron chi connectivity index (χ2n) is 9.66. The third-order valence-electron chi connectivity index (χ3n) is 6.96. The Hall–Kier alpha value is -1.53. The fourth-order valence-electron chi connectivity index (χ4n) is 4.68. The number of nitrogens with two attached hydrogens (primary N) is 2. The topological polar surface area (TPSA) is 211 Å². The zero-order chi connectivity index (χ0) is 29.9. The SMILES string of the molecule is [B][C@@H]1O[C@H](COP(=O)(OC2[C@@H](CO)OC3(B=B3)[C@H]2OC)SCc2ccc(NC(=O)CN=C(N)N)n2C)C(O)[C@@H]1OC. The summed E-state index contributed by atoms with van der Waals surface area (Å²) in [7, 11) is 10.5. The first-order valence-electron chi connectivity index (χ1n) is 12.7. The molecule has 1 aromatic rings. The van der Waals surface area contributed by atoms with Gasteiger partial charge in [0.25, 0.3) is 0 Å². The molecule has 0 saturated carbocycles. The van der Waals surface area contributed by atoms with E-state index >= 15 is 0 Å². The number of ether oxygens (including phenoxy) is 4. The number of hydrogen-bond acceptors (Lipinski definition) is 12. The van der Waals surface area contributed by atoms with Gasteiger partial charge in [-0.25, -0.2) is 4.99 Å². The molecule has 1 amide bonds. The fourth-order valence-corrected chi connectivity index (χ4v) is 8.09. The number of anilines is 1. The average Bonchev–Trinajstić information content (AvgIpc) is 3.43. The van der Waals surface area contributed by atoms with Gasteiger partial charge in [-0.15, -0.1) is 0 Å². The fraction of sp³-hybridized carbons (Fsp3) is 0.714.